The number of carbonyl (C=O) groups excluding carboxylic acids is 1. The third-order valence-electron chi connectivity index (χ3n) is 13.2. The number of nitrogens with zero attached hydrogens (tertiary/aromatic N) is 1. The molecule has 11 heteroatoms. The van der Waals surface area contributed by atoms with E-state index in [2.05, 4.69) is 74.2 Å². The van der Waals surface area contributed by atoms with Crippen LogP contribution in [0.4, 0.5) is 5.69 Å². The minimum absolute atomic E-state index is 0.133. The first kappa shape index (κ1) is 49.2. The summed E-state index contributed by atoms with van der Waals surface area (Å²) in [5.74, 6) is 0.291. The maximum absolute atomic E-state index is 14.5. The average molecular weight is 926 g/mol. The van der Waals surface area contributed by atoms with Gasteiger partial charge in [-0.05, 0) is 133 Å². The van der Waals surface area contributed by atoms with E-state index in [1.54, 1.807) is 24.3 Å². The fourth-order valence-electron chi connectivity index (χ4n) is 9.57. The molecule has 344 valence electrons. The summed E-state index contributed by atoms with van der Waals surface area (Å²) in [4.78, 5) is 16.6. The molecule has 64 heavy (non-hydrogen) atoms. The molecule has 1 aliphatic carbocycles. The number of anilines is 1. The lowest BCUT2D eigenvalue weighted by atomic mass is 9.70. The molecule has 0 radical (unpaired) electrons. The number of halogens is 1. The molecule has 1 unspecified atom stereocenters. The molecule has 1 fully saturated rings. The van der Waals surface area contributed by atoms with Gasteiger partial charge in [0.1, 0.15) is 12.4 Å². The van der Waals surface area contributed by atoms with Gasteiger partial charge in [0.2, 0.25) is 10.0 Å². The highest BCUT2D eigenvalue weighted by atomic mass is 35.5. The second kappa shape index (κ2) is 22.3. The van der Waals surface area contributed by atoms with Gasteiger partial charge in [-0.2, -0.15) is 0 Å². The Hall–Kier alpha value is -4.19. The first-order chi connectivity index (χ1) is 30.7. The summed E-state index contributed by atoms with van der Waals surface area (Å²) >= 11 is 6.42. The number of amides is 1. The van der Waals surface area contributed by atoms with E-state index in [0.29, 0.717) is 36.9 Å². The molecule has 1 amide bonds. The van der Waals surface area contributed by atoms with Gasteiger partial charge in [-0.15, -0.1) is 6.58 Å². The van der Waals surface area contributed by atoms with Crippen LogP contribution < -0.4 is 24.7 Å². The molecule has 0 aromatic heterocycles. The maximum atomic E-state index is 14.5. The molecule has 6 rings (SSSR count). The van der Waals surface area contributed by atoms with E-state index in [1.165, 1.54) is 0 Å². The van der Waals surface area contributed by atoms with E-state index in [-0.39, 0.29) is 35.3 Å². The number of fused-ring (bicyclic) bond motifs is 2. The number of unbranched alkanes of at least 4 members (excludes halogenated alkanes) is 1. The minimum atomic E-state index is -4.20. The van der Waals surface area contributed by atoms with E-state index in [1.807, 2.05) is 67.6 Å². The summed E-state index contributed by atoms with van der Waals surface area (Å²) in [5, 5.41) is 12.8. The van der Waals surface area contributed by atoms with E-state index in [4.69, 9.17) is 20.8 Å². The highest BCUT2D eigenvalue weighted by Crippen LogP contribution is 2.41. The Balaban J connectivity index is 1.28. The van der Waals surface area contributed by atoms with Gasteiger partial charge in [0, 0.05) is 29.8 Å². The van der Waals surface area contributed by atoms with Gasteiger partial charge >= 0.3 is 0 Å². The lowest BCUT2D eigenvalue weighted by Crippen LogP contribution is -2.67. The number of hydrogen-bond donors (Lipinski definition) is 2. The highest BCUT2D eigenvalue weighted by molar-refractivity contribution is 7.90. The number of hydrogen-bond acceptors (Lipinski definition) is 7. The molecular weight excluding hydrogens is 856 g/mol. The van der Waals surface area contributed by atoms with Crippen molar-refractivity contribution in [2.45, 2.75) is 128 Å². The molecule has 0 spiro atoms. The van der Waals surface area contributed by atoms with Crippen LogP contribution in [-0.4, -0.2) is 58.3 Å². The Morgan fingerprint density at radius 1 is 0.984 bits per heavy atom. The number of rotatable bonds is 18. The Labute approximate surface area is 389 Å². The lowest BCUT2D eigenvalue weighted by Gasteiger charge is -2.45. The van der Waals surface area contributed by atoms with Crippen LogP contribution in [0.15, 0.2) is 122 Å². The topological polar surface area (TPSA) is 105 Å². The van der Waals surface area contributed by atoms with Crippen LogP contribution in [0.3, 0.4) is 0 Å². The van der Waals surface area contributed by atoms with Crippen molar-refractivity contribution < 1.29 is 27.5 Å². The zero-order valence-electron chi connectivity index (χ0n) is 38.5. The summed E-state index contributed by atoms with van der Waals surface area (Å²) in [6, 6.07) is 31.7. The van der Waals surface area contributed by atoms with Crippen LogP contribution in [0.1, 0.15) is 114 Å². The van der Waals surface area contributed by atoms with Gasteiger partial charge in [0.25, 0.3) is 14.2 Å². The van der Waals surface area contributed by atoms with Crippen molar-refractivity contribution in [3.63, 3.8) is 0 Å². The van der Waals surface area contributed by atoms with Crippen molar-refractivity contribution >= 4 is 51.9 Å². The van der Waals surface area contributed by atoms with Crippen molar-refractivity contribution in [1.29, 1.82) is 0 Å². The molecule has 8 nitrogen and oxygen atoms in total. The van der Waals surface area contributed by atoms with Crippen molar-refractivity contribution in [3.05, 3.63) is 144 Å². The molecule has 0 saturated heterocycles. The standard InChI is InChI=1S/C53H69ClN2O6SSi/c1-7-9-13-26-50(57)48-31-28-42(48)37-56-33-19-18-20-40-35-44(54)30-27-43(40)38-61-51-32-29-41(36-49(51)56)52(58)55-63(59,60)45(21-10-8-2)34-39(3)62-64(53(4,5)6,46-22-14-11-15-23-46)47-24-16-12-17-25-47/h8,11-17,22-27,29-30,32,35-36,39,42,45,48,50,57H,2,7,9-10,18-21,28,31,33-34,37-38H2,1,3-6H3,(H,55,58)/b26-13+/t39-,42+,45-,48-,50?/m1/s1. The average Bonchev–Trinajstić information content (AvgIpc) is 3.29. The second-order valence-electron chi connectivity index (χ2n) is 18.8. The van der Waals surface area contributed by atoms with Gasteiger partial charge < -0.3 is 19.2 Å². The number of benzene rings is 4. The van der Waals surface area contributed by atoms with Crippen LogP contribution in [-0.2, 0) is 27.5 Å². The van der Waals surface area contributed by atoms with Crippen LogP contribution in [0.25, 0.3) is 0 Å². The molecule has 2 aliphatic rings. The Morgan fingerprint density at radius 2 is 1.69 bits per heavy atom. The molecule has 0 bridgehead atoms. The van der Waals surface area contributed by atoms with Crippen molar-refractivity contribution in [1.82, 2.24) is 4.72 Å². The Kier molecular flexibility index (Phi) is 17.2. The largest absolute Gasteiger partial charge is 0.487 e. The second-order valence-corrected chi connectivity index (χ2v) is 25.4. The molecule has 1 saturated carbocycles. The van der Waals surface area contributed by atoms with Crippen molar-refractivity contribution in [3.8, 4) is 5.75 Å². The third-order valence-corrected chi connectivity index (χ3v) is 20.3. The maximum Gasteiger partial charge on any atom is 0.264 e. The summed E-state index contributed by atoms with van der Waals surface area (Å²) in [5.41, 5.74) is 3.17. The van der Waals surface area contributed by atoms with E-state index >= 15 is 0 Å². The van der Waals surface area contributed by atoms with Gasteiger partial charge in [0.05, 0.1) is 17.0 Å². The third kappa shape index (κ3) is 12.0. The van der Waals surface area contributed by atoms with Crippen LogP contribution in [0.5, 0.6) is 5.75 Å². The summed E-state index contributed by atoms with van der Waals surface area (Å²) in [6.07, 6.45) is 12.2. The molecule has 4 aromatic carbocycles. The molecule has 1 aliphatic heterocycles. The number of aliphatic hydroxyl groups is 1. The van der Waals surface area contributed by atoms with E-state index < -0.39 is 41.7 Å². The number of sulfonamides is 1. The number of aliphatic hydroxyl groups excluding tert-OH is 1. The normalized spacial score (nSPS) is 18.6. The number of nitrogens with one attached hydrogen (secondary N) is 1. The first-order valence-electron chi connectivity index (χ1n) is 23.3. The fraction of sp³-hybridized carbons (Fsp3) is 0.453. The summed E-state index contributed by atoms with van der Waals surface area (Å²) in [6.45, 7) is 16.3. The van der Waals surface area contributed by atoms with Gasteiger partial charge in [-0.3, -0.25) is 4.79 Å². The summed E-state index contributed by atoms with van der Waals surface area (Å²) in [7, 11) is -7.19. The fourth-order valence-corrected chi connectivity index (χ4v) is 16.0. The predicted molar refractivity (Wildman–Crippen MR) is 266 cm³/mol. The Bertz CT molecular complexity index is 2260. The quantitative estimate of drug-likeness (QED) is 0.0756. The van der Waals surface area contributed by atoms with Gasteiger partial charge in [-0.1, -0.05) is 131 Å². The van der Waals surface area contributed by atoms with Crippen LogP contribution >= 0.6 is 11.6 Å². The number of aryl methyl sites for hydroxylation is 1. The SMILES string of the molecule is C=CCC[C@H](C[C@@H](C)O[Si](c1ccccc1)(c1ccccc1)C(C)(C)C)S(=O)(=O)NC(=O)c1ccc2c(c1)N(C[C@@H]1CC[C@H]1C(O)/C=C/CCC)CCCCc1cc(Cl)ccc1CO2. The number of ether oxygens (including phenoxy) is 1. The summed E-state index contributed by atoms with van der Waals surface area (Å²) < 4.78 is 45.3. The molecule has 4 aromatic rings. The van der Waals surface area contributed by atoms with Gasteiger partial charge in [0.15, 0.2) is 0 Å². The molecule has 1 heterocycles. The van der Waals surface area contributed by atoms with E-state index in [0.717, 1.165) is 72.1 Å². The monoisotopic (exact) mass is 924 g/mol. The number of carbonyl (C=O) groups is 1. The predicted octanol–water partition coefficient (Wildman–Crippen LogP) is 10.6. The van der Waals surface area contributed by atoms with Crippen molar-refractivity contribution in [2.75, 3.05) is 18.0 Å². The lowest BCUT2D eigenvalue weighted by molar-refractivity contribution is 0.0461. The molecule has 2 N–H and O–H groups in total. The zero-order valence-corrected chi connectivity index (χ0v) is 41.1. The molecular formula is C53H69ClN2O6SSi. The first-order valence-corrected chi connectivity index (χ1v) is 27.1. The Morgan fingerprint density at radius 3 is 2.31 bits per heavy atom. The number of allylic oxidation sites excluding steroid dienone is 2. The molecule has 5 atom stereocenters. The highest BCUT2D eigenvalue weighted by Gasteiger charge is 2.51. The minimum Gasteiger partial charge on any atom is -0.487 e. The van der Waals surface area contributed by atoms with Crippen LogP contribution in [0, 0.1) is 11.8 Å². The van der Waals surface area contributed by atoms with Gasteiger partial charge in [-0.25, -0.2) is 13.1 Å². The smallest absolute Gasteiger partial charge is 0.264 e. The zero-order chi connectivity index (χ0) is 45.9. The van der Waals surface area contributed by atoms with E-state index in [9.17, 15) is 18.3 Å². The van der Waals surface area contributed by atoms with Crippen LogP contribution in [0.2, 0.25) is 10.1 Å². The van der Waals surface area contributed by atoms with Crippen molar-refractivity contribution in [2.24, 2.45) is 11.8 Å².